The van der Waals surface area contributed by atoms with Crippen molar-refractivity contribution in [1.29, 1.82) is 0 Å². The van der Waals surface area contributed by atoms with Crippen molar-refractivity contribution in [1.82, 2.24) is 0 Å². The van der Waals surface area contributed by atoms with Crippen LogP contribution in [0.2, 0.25) is 0 Å². The molecule has 0 unspecified atom stereocenters. The fraction of sp³-hybridized carbons (Fsp3) is 0.0909. The third kappa shape index (κ3) is 7.01. The molecule has 11 heteroatoms. The van der Waals surface area contributed by atoms with Crippen molar-refractivity contribution in [2.75, 3.05) is 0 Å². The van der Waals surface area contributed by atoms with Crippen LogP contribution in [0.3, 0.4) is 0 Å². The first-order chi connectivity index (χ1) is 14.0. The Balaban J connectivity index is 0.000000569. The van der Waals surface area contributed by atoms with Gasteiger partial charge in [-0.3, -0.25) is 0 Å². The Morgan fingerprint density at radius 1 is 0.485 bits per heavy atom. The third-order valence-electron chi connectivity index (χ3n) is 4.38. The van der Waals surface area contributed by atoms with Gasteiger partial charge in [0.2, 0.25) is 0 Å². The molecule has 2 nitrogen and oxygen atoms in total. The molecule has 0 bridgehead atoms. The maximum Gasteiger partial charge on any atom is 2.00 e. The van der Waals surface area contributed by atoms with Gasteiger partial charge in [0.1, 0.15) is 11.5 Å². The molecule has 4 rings (SSSR count). The zero-order valence-electron chi connectivity index (χ0n) is 16.3. The van der Waals surface area contributed by atoms with Gasteiger partial charge in [0.05, 0.1) is 11.1 Å². The molecule has 4 aromatic carbocycles. The summed E-state index contributed by atoms with van der Waals surface area (Å²) >= 11 is 0. The molecule has 0 aliphatic carbocycles. The van der Waals surface area contributed by atoms with E-state index in [1.165, 1.54) is 60.7 Å². The summed E-state index contributed by atoms with van der Waals surface area (Å²) in [7, 11) is 0. The Morgan fingerprint density at radius 3 is 1.03 bits per heavy atom. The second-order valence-electron chi connectivity index (χ2n) is 6.36. The number of rotatable bonds is 0. The molecule has 0 saturated carbocycles. The van der Waals surface area contributed by atoms with Crippen molar-refractivity contribution in [3.8, 4) is 11.5 Å². The van der Waals surface area contributed by atoms with Gasteiger partial charge in [-0.15, -0.1) is 0 Å². The Labute approximate surface area is 216 Å². The number of benzene rings is 4. The molecule has 0 fully saturated rings. The first-order valence-electron chi connectivity index (χ1n) is 8.56. The Morgan fingerprint density at radius 2 is 0.758 bits per heavy atom. The van der Waals surface area contributed by atoms with E-state index in [0.717, 1.165) is 12.1 Å². The monoisotopic (exact) mass is 584 g/mol. The molecule has 4 aromatic rings. The number of phenolic OH excluding ortho intramolecular Hbond substituents is 2. The molecule has 0 aromatic heterocycles. The minimum atomic E-state index is -4.45. The van der Waals surface area contributed by atoms with Gasteiger partial charge in [0.25, 0.3) is 0 Å². The number of hydrogen-bond acceptors (Lipinski definition) is 2. The van der Waals surface area contributed by atoms with Gasteiger partial charge in [0, 0.05) is 10.8 Å². The van der Waals surface area contributed by atoms with E-state index in [1.54, 1.807) is 0 Å². The van der Waals surface area contributed by atoms with E-state index in [9.17, 15) is 36.6 Å². The van der Waals surface area contributed by atoms with Crippen LogP contribution in [-0.2, 0) is 38.6 Å². The SMILES string of the molecule is Oc1cccc2cccc(C(F)(F)F)c12.Oc1cccc2cccc(C(F)(F)F)c12.[Cl-].[Cl-].[Zr+2]. The standard InChI is InChI=1S/2C11H7F3O.2ClH.Zr/c2*12-11(13,14)8-5-1-3-7-4-2-6-9(15)10(7)8;;;/h2*1-6,15H;2*1H;/q;;;;+2/p-2. The number of phenols is 2. The van der Waals surface area contributed by atoms with Gasteiger partial charge in [-0.1, -0.05) is 48.5 Å². The van der Waals surface area contributed by atoms with Gasteiger partial charge >= 0.3 is 38.6 Å². The summed E-state index contributed by atoms with van der Waals surface area (Å²) in [5.74, 6) is -0.694. The van der Waals surface area contributed by atoms with E-state index in [-0.39, 0.29) is 73.3 Å². The average molecular weight is 586 g/mol. The predicted molar refractivity (Wildman–Crippen MR) is 101 cm³/mol. The number of alkyl halides is 6. The molecule has 0 atom stereocenters. The fourth-order valence-electron chi connectivity index (χ4n) is 3.11. The van der Waals surface area contributed by atoms with Gasteiger partial charge in [-0.2, -0.15) is 26.3 Å². The van der Waals surface area contributed by atoms with Crippen LogP contribution in [-0.4, -0.2) is 10.2 Å². The van der Waals surface area contributed by atoms with Crippen LogP contribution in [0.15, 0.2) is 72.8 Å². The van der Waals surface area contributed by atoms with E-state index >= 15 is 0 Å². The number of hydrogen-bond donors (Lipinski definition) is 2. The van der Waals surface area contributed by atoms with E-state index in [4.69, 9.17) is 0 Å². The molecular formula is C22H14Cl2F6O2Zr. The summed E-state index contributed by atoms with van der Waals surface area (Å²) < 4.78 is 75.5. The van der Waals surface area contributed by atoms with Crippen molar-refractivity contribution < 1.29 is 87.6 Å². The molecular weight excluding hydrogens is 572 g/mol. The maximum absolute atomic E-state index is 12.6. The molecule has 0 amide bonds. The van der Waals surface area contributed by atoms with E-state index in [1.807, 2.05) is 0 Å². The van der Waals surface area contributed by atoms with Crippen LogP contribution in [0.5, 0.6) is 11.5 Å². The molecule has 0 radical (unpaired) electrons. The zero-order chi connectivity index (χ0) is 22.1. The topological polar surface area (TPSA) is 40.5 Å². The quantitative estimate of drug-likeness (QED) is 0.304. The predicted octanol–water partition coefficient (Wildman–Crippen LogP) is 1.13. The van der Waals surface area contributed by atoms with Crippen LogP contribution in [0.4, 0.5) is 26.3 Å². The van der Waals surface area contributed by atoms with Gasteiger partial charge in [-0.25, -0.2) is 0 Å². The largest absolute Gasteiger partial charge is 2.00 e. The summed E-state index contributed by atoms with van der Waals surface area (Å²) in [6.07, 6.45) is -8.89. The first-order valence-corrected chi connectivity index (χ1v) is 8.56. The molecule has 0 spiro atoms. The van der Waals surface area contributed by atoms with E-state index in [0.29, 0.717) is 10.8 Å². The van der Waals surface area contributed by atoms with E-state index < -0.39 is 23.5 Å². The summed E-state index contributed by atoms with van der Waals surface area (Å²) in [6, 6.07) is 16.2. The Kier molecular flexibility index (Phi) is 11.2. The van der Waals surface area contributed by atoms with Crippen LogP contribution in [0, 0.1) is 0 Å². The molecule has 0 heterocycles. The average Bonchev–Trinajstić information content (AvgIpc) is 2.67. The van der Waals surface area contributed by atoms with Crippen LogP contribution >= 0.6 is 0 Å². The van der Waals surface area contributed by atoms with Crippen LogP contribution in [0.25, 0.3) is 21.5 Å². The molecule has 0 aliphatic rings. The van der Waals surface area contributed by atoms with Crippen molar-refractivity contribution >= 4 is 21.5 Å². The maximum atomic E-state index is 12.6. The van der Waals surface area contributed by atoms with Crippen molar-refractivity contribution in [3.05, 3.63) is 83.9 Å². The summed E-state index contributed by atoms with van der Waals surface area (Å²) in [4.78, 5) is 0. The molecule has 2 N–H and O–H groups in total. The number of halogens is 8. The second-order valence-corrected chi connectivity index (χ2v) is 6.36. The molecule has 33 heavy (non-hydrogen) atoms. The first kappa shape index (κ1) is 31.0. The Bertz CT molecular complexity index is 1110. The smallest absolute Gasteiger partial charge is 1.00 e. The minimum absolute atomic E-state index is 0. The van der Waals surface area contributed by atoms with Crippen molar-refractivity contribution in [2.24, 2.45) is 0 Å². The summed E-state index contributed by atoms with van der Waals surface area (Å²) in [6.45, 7) is 0. The van der Waals surface area contributed by atoms with Gasteiger partial charge in [-0.05, 0) is 35.0 Å². The number of fused-ring (bicyclic) bond motifs is 2. The number of aromatic hydroxyl groups is 2. The Hall–Kier alpha value is -1.96. The van der Waals surface area contributed by atoms with Gasteiger partial charge < -0.3 is 35.0 Å². The van der Waals surface area contributed by atoms with Crippen LogP contribution < -0.4 is 24.8 Å². The van der Waals surface area contributed by atoms with Crippen molar-refractivity contribution in [3.63, 3.8) is 0 Å². The van der Waals surface area contributed by atoms with Crippen molar-refractivity contribution in [2.45, 2.75) is 12.4 Å². The van der Waals surface area contributed by atoms with E-state index in [2.05, 4.69) is 0 Å². The molecule has 0 aliphatic heterocycles. The third-order valence-corrected chi connectivity index (χ3v) is 4.38. The molecule has 0 saturated heterocycles. The van der Waals surface area contributed by atoms with Gasteiger partial charge in [0.15, 0.2) is 0 Å². The normalized spacial score (nSPS) is 10.8. The summed E-state index contributed by atoms with van der Waals surface area (Å²) in [5.41, 5.74) is -1.61. The van der Waals surface area contributed by atoms with Crippen LogP contribution in [0.1, 0.15) is 11.1 Å². The second kappa shape index (κ2) is 12.0. The fourth-order valence-corrected chi connectivity index (χ4v) is 3.11. The molecule has 174 valence electrons. The zero-order valence-corrected chi connectivity index (χ0v) is 20.3. The summed E-state index contributed by atoms with van der Waals surface area (Å²) in [5, 5.41) is 19.3. The minimum Gasteiger partial charge on any atom is -1.00 e.